The van der Waals surface area contributed by atoms with Crippen LogP contribution in [-0.2, 0) is 0 Å². The molecule has 0 aliphatic carbocycles. The molecule has 0 unspecified atom stereocenters. The van der Waals surface area contributed by atoms with Gasteiger partial charge in [0.15, 0.2) is 5.78 Å². The molecule has 3 nitrogen and oxygen atoms in total. The minimum absolute atomic E-state index is 0.0250. The van der Waals surface area contributed by atoms with Crippen molar-refractivity contribution in [1.29, 1.82) is 0 Å². The number of ketones is 1. The van der Waals surface area contributed by atoms with E-state index in [0.29, 0.717) is 11.3 Å². The van der Waals surface area contributed by atoms with Gasteiger partial charge in [-0.2, -0.15) is 0 Å². The second kappa shape index (κ2) is 7.22. The summed E-state index contributed by atoms with van der Waals surface area (Å²) in [6.45, 7) is 2.43. The lowest BCUT2D eigenvalue weighted by molar-refractivity contribution is 0.100. The summed E-state index contributed by atoms with van der Waals surface area (Å²) < 4.78 is 6.10. The van der Waals surface area contributed by atoms with Crippen LogP contribution in [0.2, 0.25) is 0 Å². The van der Waals surface area contributed by atoms with Gasteiger partial charge >= 0.3 is 0 Å². The first-order valence-corrected chi connectivity index (χ1v) is 7.55. The number of hydrogen-bond acceptors (Lipinski definition) is 4. The molecule has 0 saturated heterocycles. The fourth-order valence-electron chi connectivity index (χ4n) is 2.02. The Balaban J connectivity index is 2.21. The van der Waals surface area contributed by atoms with E-state index in [0.717, 1.165) is 13.0 Å². The van der Waals surface area contributed by atoms with E-state index < -0.39 is 0 Å². The average molecular weight is 289 g/mol. The lowest BCUT2D eigenvalue weighted by Gasteiger charge is -2.19. The van der Waals surface area contributed by atoms with Crippen molar-refractivity contribution in [1.82, 2.24) is 5.32 Å². The highest BCUT2D eigenvalue weighted by atomic mass is 32.1. The van der Waals surface area contributed by atoms with Crippen molar-refractivity contribution in [3.05, 3.63) is 52.2 Å². The molecule has 1 heterocycles. The van der Waals surface area contributed by atoms with Crippen molar-refractivity contribution >= 4 is 17.1 Å². The number of benzene rings is 1. The van der Waals surface area contributed by atoms with E-state index in [4.69, 9.17) is 4.74 Å². The molecule has 0 bridgehead atoms. The molecule has 20 heavy (non-hydrogen) atoms. The Morgan fingerprint density at radius 2 is 2.10 bits per heavy atom. The summed E-state index contributed by atoms with van der Waals surface area (Å²) in [5.74, 6) is 0.689. The van der Waals surface area contributed by atoms with Gasteiger partial charge in [0, 0.05) is 11.3 Å². The minimum atomic E-state index is -0.0250. The standard InChI is InChI=1S/C16H19NO2S/c1-12(18)13-6-3-4-7-14(13)19-15(9-10-17-2)16-8-5-11-20-16/h3-8,11,15,17H,9-10H2,1-2H3/t15-/m0/s1. The van der Waals surface area contributed by atoms with Crippen LogP contribution in [0.25, 0.3) is 0 Å². The lowest BCUT2D eigenvalue weighted by Crippen LogP contribution is -2.16. The number of rotatable bonds is 7. The van der Waals surface area contributed by atoms with Crippen LogP contribution in [0.1, 0.15) is 34.7 Å². The smallest absolute Gasteiger partial charge is 0.163 e. The van der Waals surface area contributed by atoms with Crippen LogP contribution in [0.3, 0.4) is 0 Å². The normalized spacial score (nSPS) is 12.1. The van der Waals surface area contributed by atoms with Gasteiger partial charge in [0.05, 0.1) is 5.56 Å². The second-order valence-corrected chi connectivity index (χ2v) is 5.55. The zero-order valence-electron chi connectivity index (χ0n) is 11.8. The number of carbonyl (C=O) groups excluding carboxylic acids is 1. The Kier molecular flexibility index (Phi) is 5.32. The van der Waals surface area contributed by atoms with Crippen LogP contribution in [-0.4, -0.2) is 19.4 Å². The summed E-state index contributed by atoms with van der Waals surface area (Å²) in [5.41, 5.74) is 0.638. The van der Waals surface area contributed by atoms with Crippen LogP contribution in [0.4, 0.5) is 0 Å². The molecule has 0 aliphatic heterocycles. The van der Waals surface area contributed by atoms with Crippen LogP contribution < -0.4 is 10.1 Å². The van der Waals surface area contributed by atoms with Gasteiger partial charge in [-0.25, -0.2) is 0 Å². The molecular formula is C16H19NO2S. The third kappa shape index (κ3) is 3.68. The summed E-state index contributed by atoms with van der Waals surface area (Å²) >= 11 is 1.68. The predicted octanol–water partition coefficient (Wildman–Crippen LogP) is 3.68. The molecule has 0 radical (unpaired) electrons. The van der Waals surface area contributed by atoms with Gasteiger partial charge in [-0.1, -0.05) is 18.2 Å². The van der Waals surface area contributed by atoms with E-state index in [2.05, 4.69) is 11.4 Å². The van der Waals surface area contributed by atoms with Gasteiger partial charge in [-0.15, -0.1) is 11.3 Å². The van der Waals surface area contributed by atoms with Crippen molar-refractivity contribution in [2.45, 2.75) is 19.4 Å². The molecule has 2 aromatic rings. The first-order chi connectivity index (χ1) is 9.72. The van der Waals surface area contributed by atoms with Gasteiger partial charge in [-0.3, -0.25) is 4.79 Å². The van der Waals surface area contributed by atoms with Crippen molar-refractivity contribution in [3.63, 3.8) is 0 Å². The van der Waals surface area contributed by atoms with Gasteiger partial charge in [0.2, 0.25) is 0 Å². The largest absolute Gasteiger partial charge is 0.484 e. The Morgan fingerprint density at radius 1 is 1.30 bits per heavy atom. The summed E-state index contributed by atoms with van der Waals surface area (Å²) in [6.07, 6.45) is 0.839. The predicted molar refractivity (Wildman–Crippen MR) is 82.7 cm³/mol. The molecule has 4 heteroatoms. The molecule has 1 N–H and O–H groups in total. The number of nitrogens with one attached hydrogen (secondary N) is 1. The van der Waals surface area contributed by atoms with E-state index >= 15 is 0 Å². The number of thiophene rings is 1. The van der Waals surface area contributed by atoms with Gasteiger partial charge < -0.3 is 10.1 Å². The summed E-state index contributed by atoms with van der Waals surface area (Å²) in [5, 5.41) is 5.18. The SMILES string of the molecule is CNCC[C@H](Oc1ccccc1C(C)=O)c1cccs1. The average Bonchev–Trinajstić information content (AvgIpc) is 2.97. The lowest BCUT2D eigenvalue weighted by atomic mass is 10.1. The number of Topliss-reactive ketones (excluding diaryl/α,β-unsaturated/α-hetero) is 1. The van der Waals surface area contributed by atoms with Crippen molar-refractivity contribution in [2.24, 2.45) is 0 Å². The molecule has 0 saturated carbocycles. The van der Waals surface area contributed by atoms with Gasteiger partial charge in [-0.05, 0) is 44.1 Å². The third-order valence-electron chi connectivity index (χ3n) is 3.05. The summed E-state index contributed by atoms with van der Waals surface area (Å²) in [4.78, 5) is 12.8. The third-order valence-corrected chi connectivity index (χ3v) is 4.02. The van der Waals surface area contributed by atoms with Crippen molar-refractivity contribution in [2.75, 3.05) is 13.6 Å². The fourth-order valence-corrected chi connectivity index (χ4v) is 2.81. The summed E-state index contributed by atoms with van der Waals surface area (Å²) in [7, 11) is 1.93. The number of ether oxygens (including phenoxy) is 1. The minimum Gasteiger partial charge on any atom is -0.484 e. The molecule has 0 aliphatic rings. The Hall–Kier alpha value is -1.65. The fraction of sp³-hybridized carbons (Fsp3) is 0.312. The molecule has 1 atom stereocenters. The van der Waals surface area contributed by atoms with Gasteiger partial charge in [0.1, 0.15) is 11.9 Å². The van der Waals surface area contributed by atoms with E-state index in [1.807, 2.05) is 36.7 Å². The van der Waals surface area contributed by atoms with E-state index in [1.165, 1.54) is 4.88 Å². The maximum Gasteiger partial charge on any atom is 0.163 e. The first kappa shape index (κ1) is 14.8. The summed E-state index contributed by atoms with van der Waals surface area (Å²) in [6, 6.07) is 11.5. The Bertz CT molecular complexity index is 551. The maximum atomic E-state index is 11.7. The van der Waals surface area contributed by atoms with Crippen LogP contribution >= 0.6 is 11.3 Å². The molecule has 1 aromatic carbocycles. The molecule has 106 valence electrons. The Morgan fingerprint density at radius 3 is 2.75 bits per heavy atom. The monoisotopic (exact) mass is 289 g/mol. The highest BCUT2D eigenvalue weighted by Crippen LogP contribution is 2.30. The molecule has 0 amide bonds. The van der Waals surface area contributed by atoms with E-state index in [1.54, 1.807) is 24.3 Å². The van der Waals surface area contributed by atoms with Gasteiger partial charge in [0.25, 0.3) is 0 Å². The highest BCUT2D eigenvalue weighted by molar-refractivity contribution is 7.10. The zero-order chi connectivity index (χ0) is 14.4. The highest BCUT2D eigenvalue weighted by Gasteiger charge is 2.17. The molecule has 0 spiro atoms. The topological polar surface area (TPSA) is 38.3 Å². The van der Waals surface area contributed by atoms with Crippen LogP contribution in [0.5, 0.6) is 5.75 Å². The molecule has 1 aromatic heterocycles. The first-order valence-electron chi connectivity index (χ1n) is 6.67. The zero-order valence-corrected chi connectivity index (χ0v) is 12.6. The van der Waals surface area contributed by atoms with E-state index in [-0.39, 0.29) is 11.9 Å². The number of hydrogen-bond donors (Lipinski definition) is 1. The number of para-hydroxylation sites is 1. The molecule has 2 rings (SSSR count). The quantitative estimate of drug-likeness (QED) is 0.790. The maximum absolute atomic E-state index is 11.7. The van der Waals surface area contributed by atoms with E-state index in [9.17, 15) is 4.79 Å². The number of carbonyl (C=O) groups is 1. The van der Waals surface area contributed by atoms with Crippen LogP contribution in [0.15, 0.2) is 41.8 Å². The van der Waals surface area contributed by atoms with Crippen molar-refractivity contribution in [3.8, 4) is 5.75 Å². The second-order valence-electron chi connectivity index (χ2n) is 4.57. The van der Waals surface area contributed by atoms with Crippen molar-refractivity contribution < 1.29 is 9.53 Å². The Labute approximate surface area is 123 Å². The molecular weight excluding hydrogens is 270 g/mol. The van der Waals surface area contributed by atoms with Crippen LogP contribution in [0, 0.1) is 0 Å². The molecule has 0 fully saturated rings.